The maximum absolute atomic E-state index is 12.6. The Kier molecular flexibility index (Phi) is 3.67. The number of benzene rings is 1. The van der Waals surface area contributed by atoms with E-state index in [1.165, 1.54) is 13.2 Å². The Labute approximate surface area is 116 Å². The van der Waals surface area contributed by atoms with Crippen LogP contribution in [0.2, 0.25) is 5.02 Å². The summed E-state index contributed by atoms with van der Waals surface area (Å²) in [5.74, 6) is -0.695. The van der Waals surface area contributed by atoms with Gasteiger partial charge in [-0.05, 0) is 18.2 Å². The Bertz CT molecular complexity index is 653. The van der Waals surface area contributed by atoms with E-state index < -0.39 is 17.6 Å². The van der Waals surface area contributed by atoms with Crippen molar-refractivity contribution >= 4 is 23.2 Å². The molecule has 0 saturated heterocycles. The summed E-state index contributed by atoms with van der Waals surface area (Å²) in [6, 6.07) is 2.66. The molecule has 0 aliphatic heterocycles. The van der Waals surface area contributed by atoms with E-state index >= 15 is 0 Å². The van der Waals surface area contributed by atoms with E-state index in [4.69, 9.17) is 11.6 Å². The van der Waals surface area contributed by atoms with Gasteiger partial charge in [0.05, 0.1) is 22.5 Å². The van der Waals surface area contributed by atoms with Crippen LogP contribution < -0.4 is 5.32 Å². The molecule has 0 fully saturated rings. The van der Waals surface area contributed by atoms with Crippen LogP contribution in [0.1, 0.15) is 16.1 Å². The fourth-order valence-electron chi connectivity index (χ4n) is 1.43. The summed E-state index contributed by atoms with van der Waals surface area (Å²) in [6.45, 7) is 0. The van der Waals surface area contributed by atoms with Gasteiger partial charge in [0.1, 0.15) is 0 Å². The lowest BCUT2D eigenvalue weighted by Gasteiger charge is -2.10. The van der Waals surface area contributed by atoms with Crippen LogP contribution in [0, 0.1) is 0 Å². The standard InChI is InChI=1S/C11H8ClF3N4O/c1-19-16-5-9(18-19)10(20)17-8-4-6(11(13,14)15)2-3-7(8)12/h2-5H,1H3,(H,17,20). The predicted molar refractivity (Wildman–Crippen MR) is 65.4 cm³/mol. The third-order valence-corrected chi connectivity index (χ3v) is 2.70. The van der Waals surface area contributed by atoms with Gasteiger partial charge in [-0.1, -0.05) is 11.6 Å². The lowest BCUT2D eigenvalue weighted by Crippen LogP contribution is -2.14. The number of halogens is 4. The van der Waals surface area contributed by atoms with Crippen LogP contribution in [0.5, 0.6) is 0 Å². The number of hydrogen-bond donors (Lipinski definition) is 1. The highest BCUT2D eigenvalue weighted by Crippen LogP contribution is 2.33. The zero-order valence-electron chi connectivity index (χ0n) is 10.1. The third-order valence-electron chi connectivity index (χ3n) is 2.37. The van der Waals surface area contributed by atoms with Gasteiger partial charge in [-0.2, -0.15) is 23.1 Å². The van der Waals surface area contributed by atoms with Gasteiger partial charge in [0, 0.05) is 7.05 Å². The number of aromatic nitrogens is 3. The maximum Gasteiger partial charge on any atom is 0.416 e. The second-order valence-electron chi connectivity index (χ2n) is 3.87. The van der Waals surface area contributed by atoms with Crippen molar-refractivity contribution in [1.29, 1.82) is 0 Å². The molecule has 0 aliphatic carbocycles. The Morgan fingerprint density at radius 1 is 1.40 bits per heavy atom. The number of amides is 1. The number of hydrogen-bond acceptors (Lipinski definition) is 3. The number of carbonyl (C=O) groups excluding carboxylic acids is 1. The Balaban J connectivity index is 2.27. The number of alkyl halides is 3. The predicted octanol–water partition coefficient (Wildman–Crippen LogP) is 2.74. The first-order valence-electron chi connectivity index (χ1n) is 5.32. The van der Waals surface area contributed by atoms with Crippen LogP contribution in [-0.4, -0.2) is 20.9 Å². The topological polar surface area (TPSA) is 59.8 Å². The first-order valence-corrected chi connectivity index (χ1v) is 5.69. The first-order chi connectivity index (χ1) is 9.27. The summed E-state index contributed by atoms with van der Waals surface area (Å²) in [4.78, 5) is 12.9. The van der Waals surface area contributed by atoms with Gasteiger partial charge in [-0.15, -0.1) is 5.10 Å². The van der Waals surface area contributed by atoms with E-state index in [9.17, 15) is 18.0 Å². The van der Waals surface area contributed by atoms with Gasteiger partial charge in [0.25, 0.3) is 5.91 Å². The number of aryl methyl sites for hydroxylation is 1. The van der Waals surface area contributed by atoms with Crippen molar-refractivity contribution in [3.8, 4) is 0 Å². The minimum absolute atomic E-state index is 0.00441. The van der Waals surface area contributed by atoms with Crippen molar-refractivity contribution in [3.63, 3.8) is 0 Å². The number of rotatable bonds is 2. The largest absolute Gasteiger partial charge is 0.416 e. The lowest BCUT2D eigenvalue weighted by atomic mass is 10.2. The van der Waals surface area contributed by atoms with Crippen LogP contribution in [-0.2, 0) is 13.2 Å². The summed E-state index contributed by atoms with van der Waals surface area (Å²) in [7, 11) is 1.51. The zero-order chi connectivity index (χ0) is 14.9. The van der Waals surface area contributed by atoms with Crippen LogP contribution in [0.4, 0.5) is 18.9 Å². The van der Waals surface area contributed by atoms with Crippen LogP contribution in [0.3, 0.4) is 0 Å². The van der Waals surface area contributed by atoms with Gasteiger partial charge >= 0.3 is 6.18 Å². The SMILES string of the molecule is Cn1ncc(C(=O)Nc2cc(C(F)(F)F)ccc2Cl)n1. The van der Waals surface area contributed by atoms with Crippen molar-refractivity contribution in [1.82, 2.24) is 15.0 Å². The van der Waals surface area contributed by atoms with Crippen LogP contribution in [0.25, 0.3) is 0 Å². The molecule has 1 aromatic heterocycles. The number of nitrogens with one attached hydrogen (secondary N) is 1. The molecule has 1 N–H and O–H groups in total. The quantitative estimate of drug-likeness (QED) is 0.928. The molecule has 1 aromatic carbocycles. The molecule has 0 bridgehead atoms. The highest BCUT2D eigenvalue weighted by Gasteiger charge is 2.31. The number of anilines is 1. The second-order valence-corrected chi connectivity index (χ2v) is 4.27. The molecule has 0 atom stereocenters. The van der Waals surface area contributed by atoms with Gasteiger partial charge in [0.2, 0.25) is 0 Å². The average Bonchev–Trinajstić information content (AvgIpc) is 2.77. The molecule has 9 heteroatoms. The molecule has 1 heterocycles. The van der Waals surface area contributed by atoms with Crippen molar-refractivity contribution in [2.45, 2.75) is 6.18 Å². The summed E-state index contributed by atoms with van der Waals surface area (Å²) in [6.07, 6.45) is -3.33. The molecule has 5 nitrogen and oxygen atoms in total. The van der Waals surface area contributed by atoms with Crippen molar-refractivity contribution in [2.75, 3.05) is 5.32 Å². The van der Waals surface area contributed by atoms with E-state index in [-0.39, 0.29) is 16.4 Å². The van der Waals surface area contributed by atoms with Crippen molar-refractivity contribution in [2.24, 2.45) is 7.05 Å². The molecule has 2 rings (SSSR count). The molecule has 2 aromatic rings. The Morgan fingerprint density at radius 2 is 2.10 bits per heavy atom. The smallest absolute Gasteiger partial charge is 0.319 e. The van der Waals surface area contributed by atoms with Gasteiger partial charge in [-0.25, -0.2) is 0 Å². The average molecular weight is 305 g/mol. The molecule has 0 aliphatic rings. The molecular weight excluding hydrogens is 297 g/mol. The Morgan fingerprint density at radius 3 is 2.65 bits per heavy atom. The van der Waals surface area contributed by atoms with Crippen LogP contribution in [0.15, 0.2) is 24.4 Å². The first kappa shape index (κ1) is 14.3. The maximum atomic E-state index is 12.6. The molecule has 106 valence electrons. The van der Waals surface area contributed by atoms with E-state index in [0.717, 1.165) is 23.0 Å². The lowest BCUT2D eigenvalue weighted by molar-refractivity contribution is -0.137. The summed E-state index contributed by atoms with van der Waals surface area (Å²) < 4.78 is 37.7. The van der Waals surface area contributed by atoms with E-state index in [1.807, 2.05) is 0 Å². The van der Waals surface area contributed by atoms with Crippen LogP contribution >= 0.6 is 11.6 Å². The van der Waals surface area contributed by atoms with Crippen molar-refractivity contribution in [3.05, 3.63) is 40.7 Å². The Hall–Kier alpha value is -2.09. The number of nitrogens with zero attached hydrogens (tertiary/aromatic N) is 3. The highest BCUT2D eigenvalue weighted by molar-refractivity contribution is 6.33. The minimum Gasteiger partial charge on any atom is -0.319 e. The molecule has 20 heavy (non-hydrogen) atoms. The minimum atomic E-state index is -4.52. The van der Waals surface area contributed by atoms with E-state index in [2.05, 4.69) is 15.5 Å². The van der Waals surface area contributed by atoms with Gasteiger partial charge < -0.3 is 5.32 Å². The number of carbonyl (C=O) groups is 1. The van der Waals surface area contributed by atoms with Gasteiger partial charge in [0.15, 0.2) is 5.69 Å². The summed E-state index contributed by atoms with van der Waals surface area (Å²) >= 11 is 5.76. The normalized spacial score (nSPS) is 11.4. The van der Waals surface area contributed by atoms with Gasteiger partial charge in [-0.3, -0.25) is 4.79 Å². The van der Waals surface area contributed by atoms with E-state index in [1.54, 1.807) is 0 Å². The summed E-state index contributed by atoms with van der Waals surface area (Å²) in [5, 5.41) is 9.69. The molecule has 1 amide bonds. The molecule has 0 spiro atoms. The highest BCUT2D eigenvalue weighted by atomic mass is 35.5. The third kappa shape index (κ3) is 3.08. The fraction of sp³-hybridized carbons (Fsp3) is 0.182. The molecule has 0 unspecified atom stereocenters. The molecule has 0 saturated carbocycles. The summed E-state index contributed by atoms with van der Waals surface area (Å²) in [5.41, 5.74) is -1.07. The monoisotopic (exact) mass is 304 g/mol. The molecular formula is C11H8ClF3N4O. The second kappa shape index (κ2) is 5.12. The van der Waals surface area contributed by atoms with Crippen molar-refractivity contribution < 1.29 is 18.0 Å². The fourth-order valence-corrected chi connectivity index (χ4v) is 1.60. The zero-order valence-corrected chi connectivity index (χ0v) is 10.8. The van der Waals surface area contributed by atoms with E-state index in [0.29, 0.717) is 0 Å². The molecule has 0 radical (unpaired) electrons.